The fourth-order valence-corrected chi connectivity index (χ4v) is 3.31. The van der Waals surface area contributed by atoms with Crippen molar-refractivity contribution in [2.24, 2.45) is 17.7 Å². The Morgan fingerprint density at radius 2 is 2.00 bits per heavy atom. The van der Waals surface area contributed by atoms with Crippen LogP contribution in [0.3, 0.4) is 0 Å². The Morgan fingerprint density at radius 1 is 1.28 bits per heavy atom. The smallest absolute Gasteiger partial charge is 0.0238 e. The highest BCUT2D eigenvalue weighted by Crippen LogP contribution is 2.34. The summed E-state index contributed by atoms with van der Waals surface area (Å²) in [6.45, 7) is 6.07. The quantitative estimate of drug-likeness (QED) is 0.280. The van der Waals surface area contributed by atoms with Gasteiger partial charge in [-0.05, 0) is 43.9 Å². The summed E-state index contributed by atoms with van der Waals surface area (Å²) in [5, 5.41) is 0. The molecule has 1 atom stereocenters. The van der Waals surface area contributed by atoms with Gasteiger partial charge in [-0.2, -0.15) is 0 Å². The minimum absolute atomic E-state index is 0.525. The average Bonchev–Trinajstić information content (AvgIpc) is 2.42. The molecule has 1 aliphatic carbocycles. The van der Waals surface area contributed by atoms with Crippen LogP contribution in [0.15, 0.2) is 12.7 Å². The molecular weight excluding hydrogens is 220 g/mol. The Labute approximate surface area is 113 Å². The lowest BCUT2D eigenvalue weighted by atomic mass is 9.76. The van der Waals surface area contributed by atoms with Crippen LogP contribution in [0.2, 0.25) is 0 Å². The first-order valence-corrected chi connectivity index (χ1v) is 7.88. The standard InChI is InChI=1S/C16H32N2/c1-3-5-7-9-16(18-17)15-12-10-14(11-13-15)8-6-4-2/h3,14-16,18H,1,4-13,17H2,2H3. The molecule has 1 saturated carbocycles. The minimum atomic E-state index is 0.525. The zero-order chi connectivity index (χ0) is 13.2. The Balaban J connectivity index is 2.24. The van der Waals surface area contributed by atoms with Crippen LogP contribution in [0.5, 0.6) is 0 Å². The van der Waals surface area contributed by atoms with E-state index in [2.05, 4.69) is 18.9 Å². The van der Waals surface area contributed by atoms with Gasteiger partial charge in [0.1, 0.15) is 0 Å². The lowest BCUT2D eigenvalue weighted by Gasteiger charge is -2.33. The maximum Gasteiger partial charge on any atom is 0.0238 e. The molecule has 0 bridgehead atoms. The monoisotopic (exact) mass is 252 g/mol. The largest absolute Gasteiger partial charge is 0.271 e. The van der Waals surface area contributed by atoms with Crippen LogP contribution < -0.4 is 11.3 Å². The number of unbranched alkanes of at least 4 members (excludes halogenated alkanes) is 2. The molecule has 1 unspecified atom stereocenters. The summed E-state index contributed by atoms with van der Waals surface area (Å²) in [6, 6.07) is 0.525. The first-order valence-electron chi connectivity index (χ1n) is 7.88. The van der Waals surface area contributed by atoms with E-state index in [-0.39, 0.29) is 0 Å². The third-order valence-electron chi connectivity index (χ3n) is 4.56. The molecule has 0 amide bonds. The normalized spacial score (nSPS) is 25.9. The second kappa shape index (κ2) is 9.57. The predicted octanol–water partition coefficient (Wildman–Crippen LogP) is 4.17. The van der Waals surface area contributed by atoms with Crippen LogP contribution in [0.25, 0.3) is 0 Å². The zero-order valence-electron chi connectivity index (χ0n) is 12.2. The highest BCUT2D eigenvalue weighted by atomic mass is 15.2. The number of nitrogens with two attached hydrogens (primary N) is 1. The summed E-state index contributed by atoms with van der Waals surface area (Å²) in [5.41, 5.74) is 3.05. The molecule has 2 nitrogen and oxygen atoms in total. The van der Waals surface area contributed by atoms with Gasteiger partial charge < -0.3 is 0 Å². The average molecular weight is 252 g/mol. The van der Waals surface area contributed by atoms with Gasteiger partial charge in [-0.1, -0.05) is 45.1 Å². The molecule has 0 aromatic rings. The van der Waals surface area contributed by atoms with Crippen LogP contribution in [0.4, 0.5) is 0 Å². The van der Waals surface area contributed by atoms with E-state index in [4.69, 9.17) is 5.84 Å². The third kappa shape index (κ3) is 5.53. The summed E-state index contributed by atoms with van der Waals surface area (Å²) in [4.78, 5) is 0. The van der Waals surface area contributed by atoms with E-state index in [0.29, 0.717) is 6.04 Å². The number of hydrogen-bond donors (Lipinski definition) is 2. The molecular formula is C16H32N2. The van der Waals surface area contributed by atoms with Gasteiger partial charge in [-0.3, -0.25) is 11.3 Å². The summed E-state index contributed by atoms with van der Waals surface area (Å²) >= 11 is 0. The van der Waals surface area contributed by atoms with Crippen LogP contribution >= 0.6 is 0 Å². The van der Waals surface area contributed by atoms with Crippen molar-refractivity contribution in [2.45, 2.75) is 77.2 Å². The Morgan fingerprint density at radius 3 is 2.56 bits per heavy atom. The lowest BCUT2D eigenvalue weighted by molar-refractivity contribution is 0.205. The predicted molar refractivity (Wildman–Crippen MR) is 80.1 cm³/mol. The van der Waals surface area contributed by atoms with Crippen LogP contribution in [-0.4, -0.2) is 6.04 Å². The molecule has 18 heavy (non-hydrogen) atoms. The number of nitrogens with one attached hydrogen (secondary N) is 1. The summed E-state index contributed by atoms with van der Waals surface area (Å²) in [5.74, 6) is 7.52. The molecule has 2 heteroatoms. The first-order chi connectivity index (χ1) is 8.81. The highest BCUT2D eigenvalue weighted by molar-refractivity contribution is 4.81. The second-order valence-corrected chi connectivity index (χ2v) is 5.92. The Bertz CT molecular complexity index is 207. The van der Waals surface area contributed by atoms with Crippen molar-refractivity contribution in [3.05, 3.63) is 12.7 Å². The van der Waals surface area contributed by atoms with Crippen molar-refractivity contribution in [2.75, 3.05) is 0 Å². The van der Waals surface area contributed by atoms with Crippen molar-refractivity contribution >= 4 is 0 Å². The van der Waals surface area contributed by atoms with Crippen molar-refractivity contribution in [3.8, 4) is 0 Å². The van der Waals surface area contributed by atoms with E-state index in [1.54, 1.807) is 0 Å². The summed E-state index contributed by atoms with van der Waals surface area (Å²) in [7, 11) is 0. The van der Waals surface area contributed by atoms with Gasteiger partial charge in [0.2, 0.25) is 0 Å². The molecule has 1 rings (SSSR count). The maximum absolute atomic E-state index is 5.72. The molecule has 0 radical (unpaired) electrons. The fourth-order valence-electron chi connectivity index (χ4n) is 3.31. The molecule has 1 aliphatic rings. The van der Waals surface area contributed by atoms with Gasteiger partial charge >= 0.3 is 0 Å². The van der Waals surface area contributed by atoms with Crippen LogP contribution in [0, 0.1) is 11.8 Å². The Kier molecular flexibility index (Phi) is 8.36. The topological polar surface area (TPSA) is 38.0 Å². The minimum Gasteiger partial charge on any atom is -0.271 e. The SMILES string of the molecule is C=CCCCC(NN)C1CCC(CCCC)CC1. The van der Waals surface area contributed by atoms with E-state index in [1.807, 2.05) is 6.08 Å². The van der Waals surface area contributed by atoms with Gasteiger partial charge in [0.25, 0.3) is 0 Å². The van der Waals surface area contributed by atoms with Crippen molar-refractivity contribution in [1.29, 1.82) is 0 Å². The van der Waals surface area contributed by atoms with E-state index >= 15 is 0 Å². The molecule has 0 aliphatic heterocycles. The van der Waals surface area contributed by atoms with Gasteiger partial charge in [0.05, 0.1) is 0 Å². The van der Waals surface area contributed by atoms with Crippen molar-refractivity contribution in [3.63, 3.8) is 0 Å². The molecule has 106 valence electrons. The first kappa shape index (κ1) is 15.7. The van der Waals surface area contributed by atoms with E-state index in [1.165, 1.54) is 57.8 Å². The van der Waals surface area contributed by atoms with E-state index in [9.17, 15) is 0 Å². The van der Waals surface area contributed by atoms with Crippen LogP contribution in [-0.2, 0) is 0 Å². The molecule has 0 saturated heterocycles. The molecule has 0 aromatic heterocycles. The third-order valence-corrected chi connectivity index (χ3v) is 4.56. The van der Waals surface area contributed by atoms with Gasteiger partial charge in [0.15, 0.2) is 0 Å². The molecule has 0 spiro atoms. The van der Waals surface area contributed by atoms with Gasteiger partial charge in [-0.15, -0.1) is 6.58 Å². The number of hydrogen-bond acceptors (Lipinski definition) is 2. The van der Waals surface area contributed by atoms with Gasteiger partial charge in [-0.25, -0.2) is 0 Å². The maximum atomic E-state index is 5.72. The number of allylic oxidation sites excluding steroid dienone is 1. The number of hydrazine groups is 1. The van der Waals surface area contributed by atoms with E-state index < -0.39 is 0 Å². The van der Waals surface area contributed by atoms with E-state index in [0.717, 1.165) is 18.3 Å². The molecule has 0 heterocycles. The fraction of sp³-hybridized carbons (Fsp3) is 0.875. The van der Waals surface area contributed by atoms with Crippen LogP contribution in [0.1, 0.15) is 71.1 Å². The van der Waals surface area contributed by atoms with Crippen molar-refractivity contribution in [1.82, 2.24) is 5.43 Å². The molecule has 3 N–H and O–H groups in total. The molecule has 1 fully saturated rings. The number of rotatable bonds is 9. The molecule has 0 aromatic carbocycles. The highest BCUT2D eigenvalue weighted by Gasteiger charge is 2.26. The summed E-state index contributed by atoms with van der Waals surface area (Å²) in [6.07, 6.45) is 15.3. The Hall–Kier alpha value is -0.340. The van der Waals surface area contributed by atoms with Gasteiger partial charge in [0, 0.05) is 6.04 Å². The van der Waals surface area contributed by atoms with Crippen molar-refractivity contribution < 1.29 is 0 Å². The second-order valence-electron chi connectivity index (χ2n) is 5.92. The zero-order valence-corrected chi connectivity index (χ0v) is 12.2. The summed E-state index contributed by atoms with van der Waals surface area (Å²) < 4.78 is 0. The lowest BCUT2D eigenvalue weighted by Crippen LogP contribution is -2.42.